The van der Waals surface area contributed by atoms with Crippen LogP contribution in [0, 0.1) is 11.6 Å². The fourth-order valence-electron chi connectivity index (χ4n) is 1.75. The van der Waals surface area contributed by atoms with E-state index in [2.05, 4.69) is 18.5 Å². The number of rotatable bonds is 6. The third kappa shape index (κ3) is 4.64. The molecular formula is C13H19F2NS. The Morgan fingerprint density at radius 3 is 2.59 bits per heavy atom. The van der Waals surface area contributed by atoms with Gasteiger partial charge in [-0.1, -0.05) is 6.07 Å². The summed E-state index contributed by atoms with van der Waals surface area (Å²) in [6, 6.07) is 3.95. The molecule has 0 aliphatic heterocycles. The molecule has 0 fully saturated rings. The third-order valence-electron chi connectivity index (χ3n) is 2.72. The van der Waals surface area contributed by atoms with Gasteiger partial charge in [0.15, 0.2) is 0 Å². The monoisotopic (exact) mass is 259 g/mol. The highest BCUT2D eigenvalue weighted by Crippen LogP contribution is 2.18. The number of hydrogen-bond donors (Lipinski definition) is 1. The van der Waals surface area contributed by atoms with Gasteiger partial charge in [-0.25, -0.2) is 8.78 Å². The van der Waals surface area contributed by atoms with E-state index in [1.807, 2.05) is 6.92 Å². The van der Waals surface area contributed by atoms with Crippen LogP contribution in [0.15, 0.2) is 18.2 Å². The zero-order valence-electron chi connectivity index (χ0n) is 10.5. The molecule has 0 amide bonds. The van der Waals surface area contributed by atoms with Gasteiger partial charge in [-0.2, -0.15) is 11.8 Å². The predicted octanol–water partition coefficient (Wildman–Crippen LogP) is 3.76. The zero-order valence-corrected chi connectivity index (χ0v) is 11.3. The molecule has 0 radical (unpaired) electrons. The van der Waals surface area contributed by atoms with Gasteiger partial charge >= 0.3 is 0 Å². The zero-order chi connectivity index (χ0) is 12.8. The Kier molecular flexibility index (Phi) is 5.92. The molecule has 17 heavy (non-hydrogen) atoms. The quantitative estimate of drug-likeness (QED) is 0.835. The standard InChI is InChI=1S/C13H19F2NS/c1-9(6-7-17-3)16-10(2)12-5-4-11(14)8-13(12)15/h4-5,8-10,16H,6-7H2,1-3H3. The second-order valence-corrected chi connectivity index (χ2v) is 5.22. The molecule has 0 aliphatic rings. The van der Waals surface area contributed by atoms with Crippen LogP contribution in [0.2, 0.25) is 0 Å². The van der Waals surface area contributed by atoms with Gasteiger partial charge in [-0.15, -0.1) is 0 Å². The average Bonchev–Trinajstić information content (AvgIpc) is 2.26. The Morgan fingerprint density at radius 1 is 1.29 bits per heavy atom. The molecule has 0 spiro atoms. The summed E-state index contributed by atoms with van der Waals surface area (Å²) in [5, 5.41) is 3.32. The molecular weight excluding hydrogens is 240 g/mol. The Morgan fingerprint density at radius 2 is 2.00 bits per heavy atom. The molecule has 0 bridgehead atoms. The van der Waals surface area contributed by atoms with Crippen molar-refractivity contribution >= 4 is 11.8 Å². The van der Waals surface area contributed by atoms with E-state index in [4.69, 9.17) is 0 Å². The van der Waals surface area contributed by atoms with Gasteiger partial charge in [0.25, 0.3) is 0 Å². The minimum atomic E-state index is -0.533. The Labute approximate surface area is 106 Å². The summed E-state index contributed by atoms with van der Waals surface area (Å²) in [7, 11) is 0. The molecule has 1 N–H and O–H groups in total. The van der Waals surface area contributed by atoms with E-state index in [-0.39, 0.29) is 6.04 Å². The topological polar surface area (TPSA) is 12.0 Å². The van der Waals surface area contributed by atoms with Crippen molar-refractivity contribution in [3.63, 3.8) is 0 Å². The lowest BCUT2D eigenvalue weighted by molar-refractivity contribution is 0.454. The van der Waals surface area contributed by atoms with Crippen molar-refractivity contribution in [1.82, 2.24) is 5.32 Å². The van der Waals surface area contributed by atoms with E-state index in [9.17, 15) is 8.78 Å². The summed E-state index contributed by atoms with van der Waals surface area (Å²) in [6.45, 7) is 3.97. The van der Waals surface area contributed by atoms with Gasteiger partial charge in [-0.3, -0.25) is 0 Å². The van der Waals surface area contributed by atoms with Crippen LogP contribution >= 0.6 is 11.8 Å². The van der Waals surface area contributed by atoms with Crippen molar-refractivity contribution in [1.29, 1.82) is 0 Å². The smallest absolute Gasteiger partial charge is 0.130 e. The molecule has 0 saturated heterocycles. The molecule has 4 heteroatoms. The molecule has 0 aromatic heterocycles. The molecule has 0 heterocycles. The highest BCUT2D eigenvalue weighted by atomic mass is 32.2. The molecule has 0 saturated carbocycles. The average molecular weight is 259 g/mol. The SMILES string of the molecule is CSCCC(C)NC(C)c1ccc(F)cc1F. The van der Waals surface area contributed by atoms with Gasteiger partial charge in [0.2, 0.25) is 0 Å². The maximum Gasteiger partial charge on any atom is 0.130 e. The first-order valence-corrected chi connectivity index (χ1v) is 7.14. The first-order valence-electron chi connectivity index (χ1n) is 5.74. The van der Waals surface area contributed by atoms with Gasteiger partial charge < -0.3 is 5.32 Å². The van der Waals surface area contributed by atoms with E-state index in [1.54, 1.807) is 11.8 Å². The van der Waals surface area contributed by atoms with Crippen molar-refractivity contribution in [3.8, 4) is 0 Å². The lowest BCUT2D eigenvalue weighted by Crippen LogP contribution is -2.29. The van der Waals surface area contributed by atoms with Gasteiger partial charge in [0.1, 0.15) is 11.6 Å². The summed E-state index contributed by atoms with van der Waals surface area (Å²) < 4.78 is 26.3. The van der Waals surface area contributed by atoms with E-state index in [0.717, 1.165) is 18.2 Å². The Bertz CT molecular complexity index is 357. The highest BCUT2D eigenvalue weighted by Gasteiger charge is 2.13. The molecule has 1 aromatic rings. The minimum absolute atomic E-state index is 0.104. The molecule has 96 valence electrons. The van der Waals surface area contributed by atoms with E-state index >= 15 is 0 Å². The largest absolute Gasteiger partial charge is 0.308 e. The molecule has 0 aliphatic carbocycles. The Balaban J connectivity index is 2.60. The maximum atomic E-state index is 13.5. The summed E-state index contributed by atoms with van der Waals surface area (Å²) in [5.74, 6) is 0.0585. The second-order valence-electron chi connectivity index (χ2n) is 4.24. The first-order chi connectivity index (χ1) is 8.04. The van der Waals surface area contributed by atoms with E-state index in [0.29, 0.717) is 11.6 Å². The summed E-state index contributed by atoms with van der Waals surface area (Å²) in [6.07, 6.45) is 3.10. The van der Waals surface area contributed by atoms with Crippen molar-refractivity contribution in [3.05, 3.63) is 35.4 Å². The fraction of sp³-hybridized carbons (Fsp3) is 0.538. The Hall–Kier alpha value is -0.610. The van der Waals surface area contributed by atoms with Crippen molar-refractivity contribution in [2.75, 3.05) is 12.0 Å². The van der Waals surface area contributed by atoms with Crippen LogP contribution in [-0.2, 0) is 0 Å². The number of nitrogens with one attached hydrogen (secondary N) is 1. The van der Waals surface area contributed by atoms with Gasteiger partial charge in [-0.05, 0) is 38.3 Å². The van der Waals surface area contributed by atoms with Crippen LogP contribution in [-0.4, -0.2) is 18.1 Å². The lowest BCUT2D eigenvalue weighted by Gasteiger charge is -2.20. The van der Waals surface area contributed by atoms with Crippen molar-refractivity contribution < 1.29 is 8.78 Å². The van der Waals surface area contributed by atoms with Gasteiger partial charge in [0, 0.05) is 23.7 Å². The third-order valence-corrected chi connectivity index (χ3v) is 3.36. The number of thioether (sulfide) groups is 1. The highest BCUT2D eigenvalue weighted by molar-refractivity contribution is 7.98. The van der Waals surface area contributed by atoms with Crippen LogP contribution in [0.25, 0.3) is 0 Å². The van der Waals surface area contributed by atoms with Crippen LogP contribution in [0.1, 0.15) is 31.9 Å². The molecule has 2 unspecified atom stereocenters. The summed E-state index contributed by atoms with van der Waals surface area (Å²) in [5.41, 5.74) is 0.516. The van der Waals surface area contributed by atoms with Crippen LogP contribution in [0.4, 0.5) is 8.78 Å². The first kappa shape index (κ1) is 14.5. The van der Waals surface area contributed by atoms with E-state index in [1.165, 1.54) is 12.1 Å². The van der Waals surface area contributed by atoms with Crippen LogP contribution in [0.3, 0.4) is 0 Å². The van der Waals surface area contributed by atoms with Crippen molar-refractivity contribution in [2.24, 2.45) is 0 Å². The summed E-state index contributed by atoms with van der Waals surface area (Å²) in [4.78, 5) is 0. The molecule has 1 rings (SSSR count). The lowest BCUT2D eigenvalue weighted by atomic mass is 10.1. The van der Waals surface area contributed by atoms with Crippen LogP contribution < -0.4 is 5.32 Å². The second kappa shape index (κ2) is 6.97. The molecule has 2 atom stereocenters. The summed E-state index contributed by atoms with van der Waals surface area (Å²) >= 11 is 1.79. The number of benzene rings is 1. The predicted molar refractivity (Wildman–Crippen MR) is 70.4 cm³/mol. The number of halogens is 2. The van der Waals surface area contributed by atoms with E-state index < -0.39 is 11.6 Å². The molecule has 1 nitrogen and oxygen atoms in total. The van der Waals surface area contributed by atoms with Gasteiger partial charge in [0.05, 0.1) is 0 Å². The number of hydrogen-bond acceptors (Lipinski definition) is 2. The fourth-order valence-corrected chi connectivity index (χ4v) is 2.34. The van der Waals surface area contributed by atoms with Crippen LogP contribution in [0.5, 0.6) is 0 Å². The normalized spacial score (nSPS) is 14.6. The minimum Gasteiger partial charge on any atom is -0.308 e. The molecule has 1 aromatic carbocycles. The maximum absolute atomic E-state index is 13.5. The van der Waals surface area contributed by atoms with Crippen molar-refractivity contribution in [2.45, 2.75) is 32.4 Å².